The van der Waals surface area contributed by atoms with Gasteiger partial charge in [-0.15, -0.1) is 11.3 Å². The molecule has 1 aliphatic carbocycles. The van der Waals surface area contributed by atoms with Gasteiger partial charge in [-0.2, -0.15) is 0 Å². The number of rotatable bonds is 7. The number of aryl methyl sites for hydroxylation is 4. The lowest BCUT2D eigenvalue weighted by atomic mass is 9.97. The number of carbonyl (C=O) groups excluding carboxylic acids is 1. The average molecular weight is 400 g/mol. The summed E-state index contributed by atoms with van der Waals surface area (Å²) in [5.74, 6) is 0.873. The smallest absolute Gasteiger partial charge is 0.262 e. The molecule has 7 heteroatoms. The third-order valence-corrected chi connectivity index (χ3v) is 6.53. The molecule has 0 saturated carbocycles. The highest BCUT2D eigenvalue weighted by molar-refractivity contribution is 7.18. The fraction of sp³-hybridized carbons (Fsp3) is 0.476. The van der Waals surface area contributed by atoms with Gasteiger partial charge in [-0.25, -0.2) is 4.98 Å². The molecule has 0 spiro atoms. The van der Waals surface area contributed by atoms with E-state index in [0.29, 0.717) is 6.54 Å². The molecule has 3 aromatic heterocycles. The Hall–Kier alpha value is -2.41. The van der Waals surface area contributed by atoms with Gasteiger partial charge >= 0.3 is 0 Å². The van der Waals surface area contributed by atoms with Gasteiger partial charge < -0.3 is 9.73 Å². The molecule has 0 aliphatic heterocycles. The van der Waals surface area contributed by atoms with Crippen molar-refractivity contribution in [2.24, 2.45) is 0 Å². The molecule has 4 rings (SSSR count). The second-order valence-electron chi connectivity index (χ2n) is 7.47. The van der Waals surface area contributed by atoms with Crippen LogP contribution in [-0.2, 0) is 30.6 Å². The summed E-state index contributed by atoms with van der Waals surface area (Å²) in [5.41, 5.74) is 1.18. The van der Waals surface area contributed by atoms with Gasteiger partial charge in [0.2, 0.25) is 5.91 Å². The summed E-state index contributed by atoms with van der Waals surface area (Å²) < 4.78 is 6.90. The summed E-state index contributed by atoms with van der Waals surface area (Å²) in [6.45, 7) is 2.33. The van der Waals surface area contributed by atoms with E-state index >= 15 is 0 Å². The molecular weight excluding hydrogens is 374 g/mol. The molecule has 1 aliphatic rings. The van der Waals surface area contributed by atoms with Gasteiger partial charge in [-0.3, -0.25) is 14.2 Å². The zero-order valence-electron chi connectivity index (χ0n) is 16.1. The van der Waals surface area contributed by atoms with Gasteiger partial charge in [0.15, 0.2) is 0 Å². The van der Waals surface area contributed by atoms with Gasteiger partial charge in [-0.1, -0.05) is 0 Å². The minimum Gasteiger partial charge on any atom is -0.469 e. The van der Waals surface area contributed by atoms with E-state index in [9.17, 15) is 9.59 Å². The van der Waals surface area contributed by atoms with Gasteiger partial charge in [0.1, 0.15) is 10.6 Å². The fourth-order valence-corrected chi connectivity index (χ4v) is 5.01. The van der Waals surface area contributed by atoms with Crippen LogP contribution < -0.4 is 10.9 Å². The van der Waals surface area contributed by atoms with Crippen LogP contribution in [0, 0.1) is 0 Å². The molecule has 0 unspecified atom stereocenters. The van der Waals surface area contributed by atoms with Crippen molar-refractivity contribution in [2.45, 2.75) is 64.5 Å². The Morgan fingerprint density at radius 2 is 2.25 bits per heavy atom. The molecule has 0 saturated heterocycles. The number of nitrogens with zero attached hydrogens (tertiary/aromatic N) is 2. The maximum Gasteiger partial charge on any atom is 0.262 e. The highest BCUT2D eigenvalue weighted by Crippen LogP contribution is 2.33. The van der Waals surface area contributed by atoms with Crippen LogP contribution in [0.5, 0.6) is 0 Å². The summed E-state index contributed by atoms with van der Waals surface area (Å²) in [6, 6.07) is 3.86. The van der Waals surface area contributed by atoms with Crippen molar-refractivity contribution in [2.75, 3.05) is 0 Å². The van der Waals surface area contributed by atoms with E-state index in [4.69, 9.17) is 4.42 Å². The highest BCUT2D eigenvalue weighted by Gasteiger charge is 2.20. The number of thiophene rings is 1. The topological polar surface area (TPSA) is 77.1 Å². The fourth-order valence-electron chi connectivity index (χ4n) is 3.80. The first-order valence-electron chi connectivity index (χ1n) is 9.93. The molecule has 148 valence electrons. The Morgan fingerprint density at radius 1 is 1.39 bits per heavy atom. The van der Waals surface area contributed by atoms with Crippen molar-refractivity contribution in [1.29, 1.82) is 0 Å². The molecule has 1 atom stereocenters. The van der Waals surface area contributed by atoms with Crippen molar-refractivity contribution in [3.05, 3.63) is 51.3 Å². The zero-order valence-corrected chi connectivity index (χ0v) is 16.9. The number of hydrogen-bond acceptors (Lipinski definition) is 5. The predicted molar refractivity (Wildman–Crippen MR) is 110 cm³/mol. The minimum atomic E-state index is -0.0497. The first-order valence-corrected chi connectivity index (χ1v) is 10.7. The summed E-state index contributed by atoms with van der Waals surface area (Å²) in [4.78, 5) is 31.8. The second kappa shape index (κ2) is 8.31. The molecule has 3 heterocycles. The van der Waals surface area contributed by atoms with Crippen LogP contribution in [0.15, 0.2) is 33.9 Å². The van der Waals surface area contributed by atoms with Crippen LogP contribution >= 0.6 is 11.3 Å². The van der Waals surface area contributed by atoms with E-state index in [1.54, 1.807) is 28.5 Å². The van der Waals surface area contributed by atoms with Gasteiger partial charge in [-0.05, 0) is 56.7 Å². The van der Waals surface area contributed by atoms with Crippen molar-refractivity contribution in [1.82, 2.24) is 14.9 Å². The molecule has 3 aromatic rings. The molecule has 0 bridgehead atoms. The number of carbonyl (C=O) groups is 1. The standard InChI is InChI=1S/C21H25N3O3S/c1-14(8-9-15-5-4-12-27-15)23-18(25)10-11-24-13-22-20-19(21(24)26)16-6-2-3-7-17(16)28-20/h4-5,12-14H,2-3,6-11H2,1H3,(H,23,25)/t14-/m0/s1. The number of hydrogen-bond donors (Lipinski definition) is 1. The number of fused-ring (bicyclic) bond motifs is 3. The number of furan rings is 1. The number of aromatic nitrogens is 2. The van der Waals surface area contributed by atoms with Gasteiger partial charge in [0, 0.05) is 30.3 Å². The van der Waals surface area contributed by atoms with E-state index < -0.39 is 0 Å². The lowest BCUT2D eigenvalue weighted by Gasteiger charge is -2.14. The molecule has 6 nitrogen and oxygen atoms in total. The van der Waals surface area contributed by atoms with Crippen LogP contribution in [0.2, 0.25) is 0 Å². The van der Waals surface area contributed by atoms with E-state index in [1.807, 2.05) is 19.1 Å². The van der Waals surface area contributed by atoms with Crippen LogP contribution in [0.1, 0.15) is 48.8 Å². The minimum absolute atomic E-state index is 0.0110. The predicted octanol–water partition coefficient (Wildman–Crippen LogP) is 3.46. The Bertz CT molecular complexity index is 1020. The van der Waals surface area contributed by atoms with Crippen molar-refractivity contribution in [3.63, 3.8) is 0 Å². The summed E-state index contributed by atoms with van der Waals surface area (Å²) in [6.07, 6.45) is 9.44. The molecule has 0 aromatic carbocycles. The van der Waals surface area contributed by atoms with E-state index in [1.165, 1.54) is 16.9 Å². The lowest BCUT2D eigenvalue weighted by Crippen LogP contribution is -2.34. The quantitative estimate of drug-likeness (QED) is 0.660. The first-order chi connectivity index (χ1) is 13.6. The highest BCUT2D eigenvalue weighted by atomic mass is 32.1. The van der Waals surface area contributed by atoms with E-state index in [2.05, 4.69) is 10.3 Å². The summed E-state index contributed by atoms with van der Waals surface area (Å²) in [7, 11) is 0. The maximum absolute atomic E-state index is 12.9. The second-order valence-corrected chi connectivity index (χ2v) is 8.55. The summed E-state index contributed by atoms with van der Waals surface area (Å²) in [5, 5.41) is 3.77. The van der Waals surface area contributed by atoms with E-state index in [-0.39, 0.29) is 23.9 Å². The normalized spacial score (nSPS) is 14.8. The van der Waals surface area contributed by atoms with Gasteiger partial charge in [0.05, 0.1) is 18.0 Å². The number of amides is 1. The Balaban J connectivity index is 1.36. The first kappa shape index (κ1) is 18.9. The Labute approximate surface area is 167 Å². The van der Waals surface area contributed by atoms with Crippen molar-refractivity contribution in [3.8, 4) is 0 Å². The monoisotopic (exact) mass is 399 g/mol. The Kier molecular flexibility index (Phi) is 5.62. The van der Waals surface area contributed by atoms with Gasteiger partial charge in [0.25, 0.3) is 5.56 Å². The maximum atomic E-state index is 12.9. The molecule has 1 amide bonds. The summed E-state index contributed by atoms with van der Waals surface area (Å²) >= 11 is 1.65. The van der Waals surface area contributed by atoms with Crippen LogP contribution in [-0.4, -0.2) is 21.5 Å². The third kappa shape index (κ3) is 4.04. The molecule has 0 radical (unpaired) electrons. The third-order valence-electron chi connectivity index (χ3n) is 5.33. The average Bonchev–Trinajstić information content (AvgIpc) is 3.33. The zero-order chi connectivity index (χ0) is 19.5. The molecule has 0 fully saturated rings. The van der Waals surface area contributed by atoms with E-state index in [0.717, 1.165) is 48.1 Å². The lowest BCUT2D eigenvalue weighted by molar-refractivity contribution is -0.121. The molecule has 1 N–H and O–H groups in total. The van der Waals surface area contributed by atoms with Crippen molar-refractivity contribution < 1.29 is 9.21 Å². The Morgan fingerprint density at radius 3 is 3.07 bits per heavy atom. The largest absolute Gasteiger partial charge is 0.469 e. The molecular formula is C21H25N3O3S. The van der Waals surface area contributed by atoms with Crippen LogP contribution in [0.4, 0.5) is 0 Å². The van der Waals surface area contributed by atoms with Crippen LogP contribution in [0.3, 0.4) is 0 Å². The molecule has 28 heavy (non-hydrogen) atoms. The SMILES string of the molecule is C[C@@H](CCc1ccco1)NC(=O)CCn1cnc2sc3c(c2c1=O)CCCC3. The number of nitrogens with one attached hydrogen (secondary N) is 1. The van der Waals surface area contributed by atoms with Crippen LogP contribution in [0.25, 0.3) is 10.2 Å². The van der Waals surface area contributed by atoms with Crippen molar-refractivity contribution >= 4 is 27.5 Å².